The summed E-state index contributed by atoms with van der Waals surface area (Å²) in [6, 6.07) is 13.5. The molecule has 0 aromatic heterocycles. The molecule has 6 heteroatoms. The van der Waals surface area contributed by atoms with Crippen LogP contribution in [-0.4, -0.2) is 6.36 Å². The number of ether oxygens (including phenoxy) is 1. The van der Waals surface area contributed by atoms with E-state index >= 15 is 0 Å². The molecule has 3 nitrogen and oxygen atoms in total. The Bertz CT molecular complexity index is 660. The number of benzene rings is 2. The van der Waals surface area contributed by atoms with E-state index in [0.29, 0.717) is 16.7 Å². The molecule has 0 spiro atoms. The summed E-state index contributed by atoms with van der Waals surface area (Å²) in [5.74, 6) is -0.313. The maximum Gasteiger partial charge on any atom is 0.573 e. The zero-order valence-electron chi connectivity index (χ0n) is 10.8. The summed E-state index contributed by atoms with van der Waals surface area (Å²) in [7, 11) is 0. The average Bonchev–Trinajstić information content (AvgIpc) is 2.45. The molecule has 0 fully saturated rings. The van der Waals surface area contributed by atoms with Crippen molar-refractivity contribution in [3.8, 4) is 11.8 Å². The fraction of sp³-hybridized carbons (Fsp3) is 0.133. The third kappa shape index (κ3) is 3.74. The summed E-state index contributed by atoms with van der Waals surface area (Å²) in [5, 5.41) is 9.04. The van der Waals surface area contributed by atoms with Gasteiger partial charge in [-0.15, -0.1) is 13.2 Å². The first-order chi connectivity index (χ1) is 9.90. The van der Waals surface area contributed by atoms with Crippen molar-refractivity contribution in [1.82, 2.24) is 0 Å². The van der Waals surface area contributed by atoms with Gasteiger partial charge < -0.3 is 10.5 Å². The quantitative estimate of drug-likeness (QED) is 0.941. The van der Waals surface area contributed by atoms with Gasteiger partial charge in [0, 0.05) is 0 Å². The van der Waals surface area contributed by atoms with Crippen LogP contribution in [0, 0.1) is 11.3 Å². The Morgan fingerprint density at radius 1 is 1.05 bits per heavy atom. The van der Waals surface area contributed by atoms with Gasteiger partial charge in [-0.2, -0.15) is 5.26 Å². The van der Waals surface area contributed by atoms with Crippen molar-refractivity contribution in [2.45, 2.75) is 12.4 Å². The van der Waals surface area contributed by atoms with E-state index < -0.39 is 12.4 Å². The van der Waals surface area contributed by atoms with Gasteiger partial charge in [0.1, 0.15) is 5.75 Å². The lowest BCUT2D eigenvalue weighted by Crippen LogP contribution is -2.17. The van der Waals surface area contributed by atoms with Gasteiger partial charge in [-0.05, 0) is 29.3 Å². The molecule has 0 radical (unpaired) electrons. The molecule has 108 valence electrons. The van der Waals surface area contributed by atoms with Crippen LogP contribution in [0.2, 0.25) is 0 Å². The highest BCUT2D eigenvalue weighted by Gasteiger charge is 2.31. The van der Waals surface area contributed by atoms with E-state index in [2.05, 4.69) is 4.74 Å². The van der Waals surface area contributed by atoms with E-state index in [9.17, 15) is 13.2 Å². The van der Waals surface area contributed by atoms with E-state index in [1.165, 1.54) is 24.3 Å². The summed E-state index contributed by atoms with van der Waals surface area (Å²) in [6.07, 6.45) is -4.73. The largest absolute Gasteiger partial charge is 0.573 e. The molecule has 0 heterocycles. The average molecular weight is 292 g/mol. The summed E-state index contributed by atoms with van der Waals surface area (Å²) in [6.45, 7) is 0. The maximum atomic E-state index is 12.1. The summed E-state index contributed by atoms with van der Waals surface area (Å²) < 4.78 is 40.0. The Labute approximate surface area is 119 Å². The lowest BCUT2D eigenvalue weighted by atomic mass is 9.96. The Hall–Kier alpha value is -2.52. The van der Waals surface area contributed by atoms with Gasteiger partial charge in [0.15, 0.2) is 0 Å². The molecule has 0 amide bonds. The topological polar surface area (TPSA) is 59.0 Å². The molecule has 2 aromatic rings. The molecule has 2 N–H and O–H groups in total. The van der Waals surface area contributed by atoms with Crippen molar-refractivity contribution in [3.05, 3.63) is 65.2 Å². The normalized spacial score (nSPS) is 12.5. The van der Waals surface area contributed by atoms with Crippen LogP contribution in [0.3, 0.4) is 0 Å². The minimum absolute atomic E-state index is 0.313. The second-order valence-corrected chi connectivity index (χ2v) is 4.29. The van der Waals surface area contributed by atoms with Gasteiger partial charge in [-0.25, -0.2) is 0 Å². The van der Waals surface area contributed by atoms with Crippen LogP contribution < -0.4 is 10.5 Å². The number of hydrogen-bond donors (Lipinski definition) is 1. The van der Waals surface area contributed by atoms with Gasteiger partial charge in [-0.1, -0.05) is 30.3 Å². The molecule has 1 atom stereocenters. The third-order valence-electron chi connectivity index (χ3n) is 2.89. The predicted molar refractivity (Wildman–Crippen MR) is 70.3 cm³/mol. The van der Waals surface area contributed by atoms with Gasteiger partial charge in [0.05, 0.1) is 17.7 Å². The fourth-order valence-corrected chi connectivity index (χ4v) is 1.93. The second kappa shape index (κ2) is 5.85. The van der Waals surface area contributed by atoms with Crippen molar-refractivity contribution in [1.29, 1.82) is 5.26 Å². The summed E-state index contributed by atoms with van der Waals surface area (Å²) >= 11 is 0. The highest BCUT2D eigenvalue weighted by molar-refractivity contribution is 5.44. The van der Waals surface area contributed by atoms with Crippen molar-refractivity contribution in [3.63, 3.8) is 0 Å². The van der Waals surface area contributed by atoms with Crippen molar-refractivity contribution < 1.29 is 17.9 Å². The Morgan fingerprint density at radius 3 is 2.24 bits per heavy atom. The molecule has 21 heavy (non-hydrogen) atoms. The molecule has 2 aromatic carbocycles. The van der Waals surface area contributed by atoms with Gasteiger partial charge in [0.2, 0.25) is 0 Å². The molecule has 0 aliphatic heterocycles. The molecule has 0 saturated heterocycles. The van der Waals surface area contributed by atoms with Gasteiger partial charge >= 0.3 is 6.36 Å². The van der Waals surface area contributed by atoms with Crippen molar-refractivity contribution in [2.24, 2.45) is 5.73 Å². The number of nitrogens with two attached hydrogens (primary N) is 1. The zero-order chi connectivity index (χ0) is 15.5. The first-order valence-corrected chi connectivity index (χ1v) is 6.01. The van der Waals surface area contributed by atoms with Crippen LogP contribution in [-0.2, 0) is 0 Å². The minimum Gasteiger partial charge on any atom is -0.406 e. The monoisotopic (exact) mass is 292 g/mol. The molecule has 0 aliphatic carbocycles. The summed E-state index contributed by atoms with van der Waals surface area (Å²) in [5.41, 5.74) is 7.69. The van der Waals surface area contributed by atoms with Crippen molar-refractivity contribution in [2.75, 3.05) is 0 Å². The highest BCUT2D eigenvalue weighted by atomic mass is 19.4. The van der Waals surface area contributed by atoms with E-state index in [-0.39, 0.29) is 5.75 Å². The smallest absolute Gasteiger partial charge is 0.406 e. The molecular weight excluding hydrogens is 281 g/mol. The SMILES string of the molecule is N#Cc1ccccc1[C@H](N)c1ccc(OC(F)(F)F)cc1. The zero-order valence-corrected chi connectivity index (χ0v) is 10.8. The van der Waals surface area contributed by atoms with Crippen LogP contribution in [0.25, 0.3) is 0 Å². The van der Waals surface area contributed by atoms with E-state index in [1.807, 2.05) is 6.07 Å². The number of nitrogens with zero attached hydrogens (tertiary/aromatic N) is 1. The van der Waals surface area contributed by atoms with E-state index in [4.69, 9.17) is 11.0 Å². The Kier molecular flexibility index (Phi) is 4.15. The van der Waals surface area contributed by atoms with Crippen molar-refractivity contribution >= 4 is 0 Å². The Balaban J connectivity index is 2.24. The molecule has 0 bridgehead atoms. The lowest BCUT2D eigenvalue weighted by molar-refractivity contribution is -0.274. The first-order valence-electron chi connectivity index (χ1n) is 6.01. The summed E-state index contributed by atoms with van der Waals surface area (Å²) in [4.78, 5) is 0. The first kappa shape index (κ1) is 14.9. The minimum atomic E-state index is -4.73. The van der Waals surface area contributed by atoms with Gasteiger partial charge in [-0.3, -0.25) is 0 Å². The molecule has 2 rings (SSSR count). The van der Waals surface area contributed by atoms with Crippen LogP contribution >= 0.6 is 0 Å². The lowest BCUT2D eigenvalue weighted by Gasteiger charge is -2.15. The maximum absolute atomic E-state index is 12.1. The van der Waals surface area contributed by atoms with Crippen LogP contribution in [0.4, 0.5) is 13.2 Å². The highest BCUT2D eigenvalue weighted by Crippen LogP contribution is 2.27. The number of halogens is 3. The van der Waals surface area contributed by atoms with E-state index in [0.717, 1.165) is 0 Å². The van der Waals surface area contributed by atoms with Crippen LogP contribution in [0.15, 0.2) is 48.5 Å². The van der Waals surface area contributed by atoms with Gasteiger partial charge in [0.25, 0.3) is 0 Å². The van der Waals surface area contributed by atoms with Crippen LogP contribution in [0.1, 0.15) is 22.7 Å². The second-order valence-electron chi connectivity index (χ2n) is 4.29. The van der Waals surface area contributed by atoms with Crippen LogP contribution in [0.5, 0.6) is 5.75 Å². The Morgan fingerprint density at radius 2 is 1.67 bits per heavy atom. The predicted octanol–water partition coefficient (Wildman–Crippen LogP) is 3.50. The standard InChI is InChI=1S/C15H11F3N2O/c16-15(17,18)21-12-7-5-10(6-8-12)14(20)13-4-2-1-3-11(13)9-19/h1-8,14H,20H2/t14-/m1/s1. The number of alkyl halides is 3. The fourth-order valence-electron chi connectivity index (χ4n) is 1.93. The molecule has 0 aliphatic rings. The number of nitriles is 1. The number of hydrogen-bond acceptors (Lipinski definition) is 3. The van der Waals surface area contributed by atoms with E-state index in [1.54, 1.807) is 24.3 Å². The molecule has 0 saturated carbocycles. The molecular formula is C15H11F3N2O. The number of rotatable bonds is 3. The molecule has 0 unspecified atom stereocenters. The third-order valence-corrected chi connectivity index (χ3v) is 2.89.